The van der Waals surface area contributed by atoms with Crippen LogP contribution in [0.25, 0.3) is 0 Å². The number of carbonyl (C=O) groups excluding carboxylic acids is 1. The molecule has 1 heterocycles. The number of unbranched alkanes of at least 4 members (excludes halogenated alkanes) is 1. The summed E-state index contributed by atoms with van der Waals surface area (Å²) in [7, 11) is 1.44. The van der Waals surface area contributed by atoms with Crippen molar-refractivity contribution in [2.24, 2.45) is 5.92 Å². The van der Waals surface area contributed by atoms with Crippen molar-refractivity contribution in [3.63, 3.8) is 0 Å². The molecule has 0 saturated carbocycles. The second-order valence-corrected chi connectivity index (χ2v) is 4.63. The van der Waals surface area contributed by atoms with Crippen LogP contribution in [-0.4, -0.2) is 19.2 Å². The van der Waals surface area contributed by atoms with Crippen LogP contribution in [0.15, 0.2) is 23.5 Å². The highest BCUT2D eigenvalue weighted by molar-refractivity contribution is 5.90. The minimum atomic E-state index is -0.209. The van der Waals surface area contributed by atoms with Crippen LogP contribution in [0.1, 0.15) is 39.0 Å². The Morgan fingerprint density at radius 3 is 3.12 bits per heavy atom. The van der Waals surface area contributed by atoms with E-state index in [4.69, 9.17) is 9.47 Å². The maximum absolute atomic E-state index is 11.9. The highest BCUT2D eigenvalue weighted by Crippen LogP contribution is 2.39. The van der Waals surface area contributed by atoms with Gasteiger partial charge in [-0.1, -0.05) is 19.4 Å². The van der Waals surface area contributed by atoms with E-state index in [1.165, 1.54) is 7.11 Å². The van der Waals surface area contributed by atoms with Gasteiger partial charge in [0.1, 0.15) is 11.9 Å². The molecule has 1 aliphatic heterocycles. The lowest BCUT2D eigenvalue weighted by atomic mass is 9.86. The predicted molar refractivity (Wildman–Crippen MR) is 65.3 cm³/mol. The van der Waals surface area contributed by atoms with E-state index in [0.717, 1.165) is 43.4 Å². The number of rotatable bonds is 4. The van der Waals surface area contributed by atoms with E-state index in [9.17, 15) is 4.79 Å². The molecule has 0 aromatic heterocycles. The molecule has 1 aliphatic carbocycles. The molecular weight excluding hydrogens is 216 g/mol. The van der Waals surface area contributed by atoms with E-state index >= 15 is 0 Å². The van der Waals surface area contributed by atoms with Crippen LogP contribution in [0.4, 0.5) is 0 Å². The van der Waals surface area contributed by atoms with Gasteiger partial charge in [-0.25, -0.2) is 4.79 Å². The largest absolute Gasteiger partial charge is 0.489 e. The molecule has 0 spiro atoms. The minimum absolute atomic E-state index is 0.0599. The molecule has 0 aromatic carbocycles. The molecule has 0 bridgehead atoms. The minimum Gasteiger partial charge on any atom is -0.489 e. The maximum atomic E-state index is 11.9. The first-order valence-electron chi connectivity index (χ1n) is 6.42. The lowest BCUT2D eigenvalue weighted by Crippen LogP contribution is -2.22. The monoisotopic (exact) mass is 236 g/mol. The Morgan fingerprint density at radius 1 is 1.59 bits per heavy atom. The average molecular weight is 236 g/mol. The van der Waals surface area contributed by atoms with Gasteiger partial charge in [-0.2, -0.15) is 0 Å². The topological polar surface area (TPSA) is 35.5 Å². The molecule has 0 saturated heterocycles. The zero-order valence-corrected chi connectivity index (χ0v) is 10.6. The van der Waals surface area contributed by atoms with E-state index < -0.39 is 0 Å². The maximum Gasteiger partial charge on any atom is 0.337 e. The van der Waals surface area contributed by atoms with Crippen molar-refractivity contribution < 1.29 is 14.3 Å². The van der Waals surface area contributed by atoms with Gasteiger partial charge >= 0.3 is 5.97 Å². The van der Waals surface area contributed by atoms with Gasteiger partial charge in [0.2, 0.25) is 0 Å². The molecule has 0 aromatic rings. The molecule has 2 aliphatic rings. The van der Waals surface area contributed by atoms with Crippen LogP contribution in [0.5, 0.6) is 0 Å². The average Bonchev–Trinajstić information content (AvgIpc) is 2.73. The zero-order valence-electron chi connectivity index (χ0n) is 10.6. The summed E-state index contributed by atoms with van der Waals surface area (Å²) in [6, 6.07) is 0. The molecule has 0 amide bonds. The van der Waals surface area contributed by atoms with E-state index in [0.29, 0.717) is 0 Å². The molecule has 0 radical (unpaired) electrons. The quantitative estimate of drug-likeness (QED) is 0.556. The summed E-state index contributed by atoms with van der Waals surface area (Å²) in [4.78, 5) is 11.9. The molecule has 2 atom stereocenters. The summed E-state index contributed by atoms with van der Waals surface area (Å²) < 4.78 is 10.8. The fourth-order valence-corrected chi connectivity index (χ4v) is 2.58. The number of allylic oxidation sites excluding steroid dienone is 2. The first kappa shape index (κ1) is 12.2. The Bertz CT molecular complexity index is 354. The third kappa shape index (κ3) is 2.38. The smallest absolute Gasteiger partial charge is 0.337 e. The number of hydrogen-bond acceptors (Lipinski definition) is 3. The van der Waals surface area contributed by atoms with Crippen LogP contribution >= 0.6 is 0 Å². The molecule has 2 rings (SSSR count). The van der Waals surface area contributed by atoms with Gasteiger partial charge in [-0.05, 0) is 25.3 Å². The fraction of sp³-hybridized carbons (Fsp3) is 0.643. The van der Waals surface area contributed by atoms with Crippen molar-refractivity contribution >= 4 is 5.97 Å². The van der Waals surface area contributed by atoms with Crippen LogP contribution in [0, 0.1) is 5.92 Å². The van der Waals surface area contributed by atoms with Crippen molar-refractivity contribution in [1.29, 1.82) is 0 Å². The number of esters is 1. The second kappa shape index (κ2) is 5.39. The Kier molecular flexibility index (Phi) is 3.87. The standard InChI is InChI=1S/C14H20O3/c1-3-4-8-12-13(14(15)16-2)10-7-5-6-9-11(10)17-12/h6,9-11H,3-5,7-8H2,1-2H3/t10-,11+/m1/s1. The molecule has 3 heteroatoms. The molecule has 94 valence electrons. The van der Waals surface area contributed by atoms with Gasteiger partial charge in [0.25, 0.3) is 0 Å². The van der Waals surface area contributed by atoms with Crippen molar-refractivity contribution in [3.8, 4) is 0 Å². The third-order valence-corrected chi connectivity index (χ3v) is 3.48. The van der Waals surface area contributed by atoms with Crippen molar-refractivity contribution in [3.05, 3.63) is 23.5 Å². The summed E-state index contributed by atoms with van der Waals surface area (Å²) in [6.07, 6.45) is 9.29. The highest BCUT2D eigenvalue weighted by atomic mass is 16.5. The molecular formula is C14H20O3. The first-order chi connectivity index (χ1) is 8.27. The van der Waals surface area contributed by atoms with Gasteiger partial charge in [0.05, 0.1) is 12.7 Å². The van der Waals surface area contributed by atoms with Gasteiger partial charge in [-0.3, -0.25) is 0 Å². The predicted octanol–water partition coefficient (Wildman–Crippen LogP) is 2.97. The Balaban J connectivity index is 2.21. The summed E-state index contributed by atoms with van der Waals surface area (Å²) in [6.45, 7) is 2.14. The number of methoxy groups -OCH3 is 1. The summed E-state index contributed by atoms with van der Waals surface area (Å²) in [5, 5.41) is 0. The van der Waals surface area contributed by atoms with E-state index in [1.54, 1.807) is 0 Å². The van der Waals surface area contributed by atoms with Crippen molar-refractivity contribution in [1.82, 2.24) is 0 Å². The van der Waals surface area contributed by atoms with Crippen LogP contribution in [0.2, 0.25) is 0 Å². The molecule has 3 nitrogen and oxygen atoms in total. The third-order valence-electron chi connectivity index (χ3n) is 3.48. The van der Waals surface area contributed by atoms with Gasteiger partial charge in [0, 0.05) is 12.3 Å². The van der Waals surface area contributed by atoms with Crippen molar-refractivity contribution in [2.45, 2.75) is 45.1 Å². The van der Waals surface area contributed by atoms with E-state index in [1.807, 2.05) is 0 Å². The van der Waals surface area contributed by atoms with Crippen molar-refractivity contribution in [2.75, 3.05) is 7.11 Å². The number of ether oxygens (including phenoxy) is 2. The normalized spacial score (nSPS) is 26.7. The van der Waals surface area contributed by atoms with Gasteiger partial charge < -0.3 is 9.47 Å². The Hall–Kier alpha value is -1.25. The summed E-state index contributed by atoms with van der Waals surface area (Å²) in [5.74, 6) is 0.860. The van der Waals surface area contributed by atoms with Gasteiger partial charge in [0.15, 0.2) is 0 Å². The zero-order chi connectivity index (χ0) is 12.3. The fourth-order valence-electron chi connectivity index (χ4n) is 2.58. The molecule has 17 heavy (non-hydrogen) atoms. The van der Waals surface area contributed by atoms with E-state index in [-0.39, 0.29) is 18.0 Å². The van der Waals surface area contributed by atoms with Gasteiger partial charge in [-0.15, -0.1) is 0 Å². The molecule has 0 N–H and O–H groups in total. The lowest BCUT2D eigenvalue weighted by Gasteiger charge is -2.20. The summed E-state index contributed by atoms with van der Waals surface area (Å²) in [5.41, 5.74) is 0.787. The summed E-state index contributed by atoms with van der Waals surface area (Å²) >= 11 is 0. The van der Waals surface area contributed by atoms with Crippen LogP contribution in [-0.2, 0) is 14.3 Å². The van der Waals surface area contributed by atoms with E-state index in [2.05, 4.69) is 19.1 Å². The molecule has 0 fully saturated rings. The lowest BCUT2D eigenvalue weighted by molar-refractivity contribution is -0.136. The Morgan fingerprint density at radius 2 is 2.41 bits per heavy atom. The SMILES string of the molecule is CCCCC1=C(C(=O)OC)[C@@H]2CCC=C[C@@H]2O1. The molecule has 0 unspecified atom stereocenters. The van der Waals surface area contributed by atoms with Crippen LogP contribution in [0.3, 0.4) is 0 Å². The van der Waals surface area contributed by atoms with Crippen LogP contribution < -0.4 is 0 Å². The highest BCUT2D eigenvalue weighted by Gasteiger charge is 2.39. The first-order valence-corrected chi connectivity index (χ1v) is 6.42. The second-order valence-electron chi connectivity index (χ2n) is 4.63. The Labute approximate surface area is 102 Å². The number of hydrogen-bond donors (Lipinski definition) is 0. The number of carbonyl (C=O) groups is 1. The number of fused-ring (bicyclic) bond motifs is 1.